The Balaban J connectivity index is 0.000000224. The first-order valence-electron chi connectivity index (χ1n) is 7.34. The van der Waals surface area contributed by atoms with Gasteiger partial charge < -0.3 is 9.47 Å². The Morgan fingerprint density at radius 2 is 2.00 bits per heavy atom. The lowest BCUT2D eigenvalue weighted by atomic mass is 10.1. The molecule has 0 N–H and O–H groups in total. The Labute approximate surface area is 117 Å². The molecule has 0 saturated carbocycles. The van der Waals surface area contributed by atoms with Crippen molar-refractivity contribution >= 4 is 6.47 Å². The summed E-state index contributed by atoms with van der Waals surface area (Å²) in [5.74, 6) is 0. The van der Waals surface area contributed by atoms with Crippen molar-refractivity contribution in [3.05, 3.63) is 0 Å². The highest BCUT2D eigenvalue weighted by Crippen LogP contribution is 2.33. The molecule has 19 heavy (non-hydrogen) atoms. The van der Waals surface area contributed by atoms with Gasteiger partial charge in [-0.05, 0) is 59.4 Å². The quantitative estimate of drug-likeness (QED) is 0.737. The molecule has 0 amide bonds. The van der Waals surface area contributed by atoms with Gasteiger partial charge in [-0.2, -0.15) is 0 Å². The Kier molecular flexibility index (Phi) is 6.80. The molecule has 2 heterocycles. The zero-order valence-electron chi connectivity index (χ0n) is 12.9. The van der Waals surface area contributed by atoms with E-state index in [1.54, 1.807) is 7.11 Å². The van der Waals surface area contributed by atoms with Crippen molar-refractivity contribution in [2.45, 2.75) is 70.6 Å². The fourth-order valence-electron chi connectivity index (χ4n) is 2.91. The maximum atomic E-state index is 9.60. The molecule has 2 saturated heterocycles. The van der Waals surface area contributed by atoms with Crippen molar-refractivity contribution in [3.8, 4) is 0 Å². The largest absolute Gasteiger partial charge is 0.462 e. The number of rotatable bonds is 4. The van der Waals surface area contributed by atoms with E-state index < -0.39 is 0 Å². The van der Waals surface area contributed by atoms with Gasteiger partial charge >= 0.3 is 0 Å². The van der Waals surface area contributed by atoms with Crippen molar-refractivity contribution in [2.75, 3.05) is 20.3 Å². The first-order chi connectivity index (χ1) is 8.98. The molecule has 0 aromatic heterocycles. The third kappa shape index (κ3) is 5.91. The van der Waals surface area contributed by atoms with Crippen molar-refractivity contribution in [3.63, 3.8) is 0 Å². The molecule has 0 bridgehead atoms. The third-order valence-corrected chi connectivity index (χ3v) is 3.78. The second-order valence-electron chi connectivity index (χ2n) is 6.37. The minimum Gasteiger partial charge on any atom is -0.462 e. The Morgan fingerprint density at radius 3 is 2.53 bits per heavy atom. The van der Waals surface area contributed by atoms with Gasteiger partial charge in [0.15, 0.2) is 0 Å². The molecule has 2 fully saturated rings. The van der Waals surface area contributed by atoms with E-state index >= 15 is 0 Å². The maximum absolute atomic E-state index is 9.60. The van der Waals surface area contributed by atoms with Gasteiger partial charge in [-0.15, -0.1) is 0 Å². The van der Waals surface area contributed by atoms with Crippen LogP contribution in [0.15, 0.2) is 0 Å². The fraction of sp³-hybridized carbons (Fsp3) is 0.933. The molecule has 112 valence electrons. The van der Waals surface area contributed by atoms with Gasteiger partial charge in [0, 0.05) is 25.8 Å². The highest BCUT2D eigenvalue weighted by molar-refractivity contribution is 5.37. The molecule has 0 aromatic rings. The standard InChI is InChI=1S/C10H19NO.C5H10O2/c1-12-8-6-10-5-4-9-3-2-7-11(9)10;1-5(2,3)7-4-6/h9-10H,2-8H2,1H3;4H,1-3H3/t9?,10-;/m1./s1. The predicted molar refractivity (Wildman–Crippen MR) is 76.1 cm³/mol. The van der Waals surface area contributed by atoms with Crippen molar-refractivity contribution in [1.82, 2.24) is 4.90 Å². The van der Waals surface area contributed by atoms with E-state index in [1.165, 1.54) is 38.6 Å². The van der Waals surface area contributed by atoms with Crippen molar-refractivity contribution in [1.29, 1.82) is 0 Å². The van der Waals surface area contributed by atoms with Crippen LogP contribution in [-0.4, -0.2) is 49.3 Å². The van der Waals surface area contributed by atoms with Crippen molar-refractivity contribution in [2.24, 2.45) is 0 Å². The molecule has 0 aliphatic carbocycles. The van der Waals surface area contributed by atoms with E-state index in [1.807, 2.05) is 20.8 Å². The monoisotopic (exact) mass is 271 g/mol. The molecule has 4 nitrogen and oxygen atoms in total. The van der Waals surface area contributed by atoms with Crippen LogP contribution in [0.25, 0.3) is 0 Å². The van der Waals surface area contributed by atoms with Crippen LogP contribution in [0.5, 0.6) is 0 Å². The van der Waals surface area contributed by atoms with Crippen LogP contribution in [0.2, 0.25) is 0 Å². The first kappa shape index (κ1) is 16.4. The zero-order valence-corrected chi connectivity index (χ0v) is 12.9. The summed E-state index contributed by atoms with van der Waals surface area (Å²) < 4.78 is 9.67. The van der Waals surface area contributed by atoms with Gasteiger partial charge in [-0.3, -0.25) is 9.69 Å². The van der Waals surface area contributed by atoms with E-state index in [2.05, 4.69) is 9.64 Å². The van der Waals surface area contributed by atoms with Gasteiger partial charge in [0.1, 0.15) is 5.60 Å². The summed E-state index contributed by atoms with van der Waals surface area (Å²) in [5.41, 5.74) is -0.318. The summed E-state index contributed by atoms with van der Waals surface area (Å²) in [6, 6.07) is 1.78. The van der Waals surface area contributed by atoms with Crippen LogP contribution in [0.3, 0.4) is 0 Å². The van der Waals surface area contributed by atoms with Crippen LogP contribution >= 0.6 is 0 Å². The maximum Gasteiger partial charge on any atom is 0.293 e. The van der Waals surface area contributed by atoms with E-state index in [-0.39, 0.29) is 5.60 Å². The smallest absolute Gasteiger partial charge is 0.293 e. The highest BCUT2D eigenvalue weighted by Gasteiger charge is 2.35. The summed E-state index contributed by atoms with van der Waals surface area (Å²) >= 11 is 0. The lowest BCUT2D eigenvalue weighted by molar-refractivity contribution is -0.138. The van der Waals surface area contributed by atoms with Crippen LogP contribution in [0, 0.1) is 0 Å². The minimum absolute atomic E-state index is 0.318. The third-order valence-electron chi connectivity index (χ3n) is 3.78. The van der Waals surface area contributed by atoms with Crippen LogP contribution in [0.4, 0.5) is 0 Å². The first-order valence-corrected chi connectivity index (χ1v) is 7.34. The molecule has 2 aliphatic rings. The molecule has 4 heteroatoms. The molecule has 2 aliphatic heterocycles. The van der Waals surface area contributed by atoms with Gasteiger partial charge in [-0.1, -0.05) is 0 Å². The number of methoxy groups -OCH3 is 1. The average molecular weight is 271 g/mol. The number of nitrogens with zero attached hydrogens (tertiary/aromatic N) is 1. The zero-order chi connectivity index (χ0) is 14.3. The lowest BCUT2D eigenvalue weighted by Gasteiger charge is -2.23. The number of hydrogen-bond donors (Lipinski definition) is 0. The molecule has 2 atom stereocenters. The summed E-state index contributed by atoms with van der Waals surface area (Å²) in [6.45, 7) is 8.21. The topological polar surface area (TPSA) is 38.8 Å². The number of fused-ring (bicyclic) bond motifs is 1. The highest BCUT2D eigenvalue weighted by atomic mass is 16.5. The second-order valence-corrected chi connectivity index (χ2v) is 6.37. The lowest BCUT2D eigenvalue weighted by Crippen LogP contribution is -2.31. The van der Waals surface area contributed by atoms with E-state index in [0.717, 1.165) is 18.7 Å². The number of hydrogen-bond acceptors (Lipinski definition) is 4. The van der Waals surface area contributed by atoms with E-state index in [9.17, 15) is 4.79 Å². The van der Waals surface area contributed by atoms with Crippen LogP contribution in [0.1, 0.15) is 52.9 Å². The summed E-state index contributed by atoms with van der Waals surface area (Å²) in [5, 5.41) is 0. The molecule has 1 unspecified atom stereocenters. The van der Waals surface area contributed by atoms with Gasteiger partial charge in [0.25, 0.3) is 6.47 Å². The molecule has 0 radical (unpaired) electrons. The Hall–Kier alpha value is -0.610. The number of carbonyl (C=O) groups excluding carboxylic acids is 1. The minimum atomic E-state index is -0.318. The molecule has 0 aromatic carbocycles. The predicted octanol–water partition coefficient (Wildman–Crippen LogP) is 2.61. The average Bonchev–Trinajstić information content (AvgIpc) is 2.88. The van der Waals surface area contributed by atoms with Gasteiger partial charge in [0.05, 0.1) is 0 Å². The fourth-order valence-corrected chi connectivity index (χ4v) is 2.91. The summed E-state index contributed by atoms with van der Waals surface area (Å²) in [4.78, 5) is 12.3. The van der Waals surface area contributed by atoms with E-state index in [0.29, 0.717) is 6.47 Å². The van der Waals surface area contributed by atoms with E-state index in [4.69, 9.17) is 4.74 Å². The molecule has 2 rings (SSSR count). The summed E-state index contributed by atoms with van der Waals surface area (Å²) in [7, 11) is 1.80. The van der Waals surface area contributed by atoms with Crippen molar-refractivity contribution < 1.29 is 14.3 Å². The number of carbonyl (C=O) groups is 1. The van der Waals surface area contributed by atoms with Gasteiger partial charge in [-0.25, -0.2) is 0 Å². The molecule has 0 spiro atoms. The van der Waals surface area contributed by atoms with Crippen LogP contribution in [-0.2, 0) is 14.3 Å². The Morgan fingerprint density at radius 1 is 1.26 bits per heavy atom. The molecular weight excluding hydrogens is 242 g/mol. The normalized spacial score (nSPS) is 26.5. The summed E-state index contributed by atoms with van der Waals surface area (Å²) in [6.07, 6.45) is 6.97. The second kappa shape index (κ2) is 7.85. The Bertz CT molecular complexity index is 263. The SMILES string of the molecule is CC(C)(C)OC=O.COCC[C@H]1CCC2CCCN21. The molecular formula is C15H29NO3. The number of ether oxygens (including phenoxy) is 2. The van der Waals surface area contributed by atoms with Gasteiger partial charge in [0.2, 0.25) is 0 Å². The van der Waals surface area contributed by atoms with Crippen LogP contribution < -0.4 is 0 Å².